The molecule has 1 rings (SSSR count). The molecule has 0 bridgehead atoms. The molecule has 0 aliphatic rings. The van der Waals surface area contributed by atoms with Crippen molar-refractivity contribution in [3.8, 4) is 0 Å². The molecule has 0 aliphatic heterocycles. The molecule has 1 aromatic rings. The molecule has 0 atom stereocenters. The lowest BCUT2D eigenvalue weighted by molar-refractivity contribution is -0.137. The predicted molar refractivity (Wildman–Crippen MR) is 81.8 cm³/mol. The van der Waals surface area contributed by atoms with E-state index in [4.69, 9.17) is 5.11 Å². The number of hydrogen-bond donors (Lipinski definition) is 1. The highest BCUT2D eigenvalue weighted by Gasteiger charge is 2.22. The molecule has 5 nitrogen and oxygen atoms in total. The molecule has 0 spiro atoms. The maximum Gasteiger partial charge on any atom is 0.323 e. The Kier molecular flexibility index (Phi) is 6.45. The fraction of sp³-hybridized carbons (Fsp3) is 0.455. The van der Waals surface area contributed by atoms with E-state index in [0.29, 0.717) is 22.4 Å². The van der Waals surface area contributed by atoms with Gasteiger partial charge in [0.2, 0.25) is 0 Å². The average Bonchev–Trinajstić information content (AvgIpc) is 2.62. The fourth-order valence-corrected chi connectivity index (χ4v) is 4.17. The van der Waals surface area contributed by atoms with Gasteiger partial charge in [-0.25, -0.2) is 0 Å². The van der Waals surface area contributed by atoms with E-state index in [1.165, 1.54) is 16.2 Å². The van der Waals surface area contributed by atoms with Gasteiger partial charge in [0.1, 0.15) is 6.54 Å². The van der Waals surface area contributed by atoms with Crippen LogP contribution in [-0.4, -0.2) is 60.5 Å². The summed E-state index contributed by atoms with van der Waals surface area (Å²) < 4.78 is 1.52. The van der Waals surface area contributed by atoms with Gasteiger partial charge in [-0.05, 0) is 52.0 Å². The minimum absolute atomic E-state index is 0.280. The first-order chi connectivity index (χ1) is 8.81. The molecule has 0 aromatic carbocycles. The molecule has 8 heteroatoms. The van der Waals surface area contributed by atoms with Crippen molar-refractivity contribution < 1.29 is 14.7 Å². The number of aliphatic carboxylic acids is 1. The number of halogens is 2. The van der Waals surface area contributed by atoms with Crippen LogP contribution in [0.1, 0.15) is 10.4 Å². The summed E-state index contributed by atoms with van der Waals surface area (Å²) in [5.41, 5.74) is 0.483. The van der Waals surface area contributed by atoms with E-state index in [0.717, 1.165) is 3.79 Å². The highest BCUT2D eigenvalue weighted by Crippen LogP contribution is 2.32. The van der Waals surface area contributed by atoms with Crippen molar-refractivity contribution in [2.45, 2.75) is 0 Å². The van der Waals surface area contributed by atoms with Gasteiger partial charge in [-0.15, -0.1) is 11.3 Å². The minimum Gasteiger partial charge on any atom is -0.480 e. The topological polar surface area (TPSA) is 60.9 Å². The summed E-state index contributed by atoms with van der Waals surface area (Å²) in [6.07, 6.45) is 0. The summed E-state index contributed by atoms with van der Waals surface area (Å²) in [6, 6.07) is 1.70. The van der Waals surface area contributed by atoms with E-state index in [1.54, 1.807) is 6.07 Å². The summed E-state index contributed by atoms with van der Waals surface area (Å²) in [4.78, 5) is 26.4. The van der Waals surface area contributed by atoms with Crippen molar-refractivity contribution in [1.29, 1.82) is 0 Å². The Bertz CT molecular complexity index is 477. The SMILES string of the molecule is CN(C)CCN(CC(=O)O)C(=O)c1cc(Br)sc1Br. The molecule has 0 radical (unpaired) electrons. The fourth-order valence-electron chi connectivity index (χ4n) is 1.39. The van der Waals surface area contributed by atoms with Crippen molar-refractivity contribution in [3.05, 3.63) is 19.2 Å². The summed E-state index contributed by atoms with van der Waals surface area (Å²) >= 11 is 8.01. The van der Waals surface area contributed by atoms with Crippen molar-refractivity contribution >= 4 is 55.1 Å². The van der Waals surface area contributed by atoms with Crippen LogP contribution in [0.15, 0.2) is 13.6 Å². The van der Waals surface area contributed by atoms with E-state index < -0.39 is 5.97 Å². The molecule has 0 saturated carbocycles. The van der Waals surface area contributed by atoms with E-state index >= 15 is 0 Å². The maximum absolute atomic E-state index is 12.3. The second-order valence-electron chi connectivity index (χ2n) is 4.16. The summed E-state index contributed by atoms with van der Waals surface area (Å²) in [5.74, 6) is -1.30. The highest BCUT2D eigenvalue weighted by atomic mass is 79.9. The van der Waals surface area contributed by atoms with Crippen LogP contribution in [0.25, 0.3) is 0 Å². The molecule has 0 aliphatic carbocycles. The van der Waals surface area contributed by atoms with Crippen LogP contribution in [-0.2, 0) is 4.79 Å². The van der Waals surface area contributed by atoms with Gasteiger partial charge < -0.3 is 14.9 Å². The largest absolute Gasteiger partial charge is 0.480 e. The van der Waals surface area contributed by atoms with Crippen molar-refractivity contribution in [2.75, 3.05) is 33.7 Å². The molecular formula is C11H14Br2N2O3S. The van der Waals surface area contributed by atoms with Gasteiger partial charge in [0.05, 0.1) is 13.1 Å². The maximum atomic E-state index is 12.3. The average molecular weight is 414 g/mol. The quantitative estimate of drug-likeness (QED) is 0.777. The third-order valence-corrected chi connectivity index (χ3v) is 4.66. The van der Waals surface area contributed by atoms with Crippen LogP contribution in [0.4, 0.5) is 0 Å². The Morgan fingerprint density at radius 1 is 1.32 bits per heavy atom. The van der Waals surface area contributed by atoms with Gasteiger partial charge >= 0.3 is 5.97 Å². The van der Waals surface area contributed by atoms with Gasteiger partial charge in [0.25, 0.3) is 5.91 Å². The van der Waals surface area contributed by atoms with Crippen LogP contribution in [0, 0.1) is 0 Å². The lowest BCUT2D eigenvalue weighted by Gasteiger charge is -2.22. The first-order valence-corrected chi connectivity index (χ1v) is 7.82. The summed E-state index contributed by atoms with van der Waals surface area (Å²) in [7, 11) is 3.75. The third-order valence-electron chi connectivity index (χ3n) is 2.32. The highest BCUT2D eigenvalue weighted by molar-refractivity contribution is 9.12. The number of amides is 1. The Balaban J connectivity index is 2.87. The number of nitrogens with zero attached hydrogens (tertiary/aromatic N) is 2. The Labute approximate surface area is 132 Å². The standard InChI is InChI=1S/C11H14Br2N2O3S/c1-14(2)3-4-15(6-9(16)17)11(18)7-5-8(12)19-10(7)13/h5H,3-4,6H2,1-2H3,(H,16,17). The van der Waals surface area contributed by atoms with Crippen molar-refractivity contribution in [1.82, 2.24) is 9.80 Å². The lowest BCUT2D eigenvalue weighted by Crippen LogP contribution is -2.40. The normalized spacial score (nSPS) is 10.8. The Hall–Kier alpha value is -0.440. The molecule has 19 heavy (non-hydrogen) atoms. The van der Waals surface area contributed by atoms with E-state index in [9.17, 15) is 9.59 Å². The molecule has 106 valence electrons. The number of likely N-dealkylation sites (N-methyl/N-ethyl adjacent to an activating group) is 1. The number of carbonyl (C=O) groups is 2. The molecular weight excluding hydrogens is 400 g/mol. The molecule has 0 unspecified atom stereocenters. The number of carbonyl (C=O) groups excluding carboxylic acids is 1. The molecule has 1 amide bonds. The van der Waals surface area contributed by atoms with Gasteiger partial charge in [0.15, 0.2) is 0 Å². The number of carboxylic acid groups (broad SMARTS) is 1. The second-order valence-corrected chi connectivity index (χ2v) is 7.91. The predicted octanol–water partition coefficient (Wildman–Crippen LogP) is 2.36. The Morgan fingerprint density at radius 2 is 1.95 bits per heavy atom. The summed E-state index contributed by atoms with van der Waals surface area (Å²) in [6.45, 7) is 0.687. The molecule has 1 N–H and O–H groups in total. The smallest absolute Gasteiger partial charge is 0.323 e. The van der Waals surface area contributed by atoms with Crippen LogP contribution in [0.2, 0.25) is 0 Å². The first-order valence-electron chi connectivity index (χ1n) is 5.42. The number of hydrogen-bond acceptors (Lipinski definition) is 4. The monoisotopic (exact) mass is 412 g/mol. The number of thiophene rings is 1. The Morgan fingerprint density at radius 3 is 2.37 bits per heavy atom. The van der Waals surface area contributed by atoms with Crippen molar-refractivity contribution in [2.24, 2.45) is 0 Å². The van der Waals surface area contributed by atoms with Crippen molar-refractivity contribution in [3.63, 3.8) is 0 Å². The summed E-state index contributed by atoms with van der Waals surface area (Å²) in [5, 5.41) is 8.89. The zero-order chi connectivity index (χ0) is 14.6. The zero-order valence-corrected chi connectivity index (χ0v) is 14.5. The van der Waals surface area contributed by atoms with Crippen LogP contribution < -0.4 is 0 Å². The molecule has 1 heterocycles. The van der Waals surface area contributed by atoms with Gasteiger partial charge in [-0.1, -0.05) is 0 Å². The van der Waals surface area contributed by atoms with E-state index in [-0.39, 0.29) is 12.5 Å². The zero-order valence-electron chi connectivity index (χ0n) is 10.5. The third kappa shape index (κ3) is 5.21. The molecule has 0 saturated heterocycles. The molecule has 1 aromatic heterocycles. The minimum atomic E-state index is -1.02. The van der Waals surface area contributed by atoms with Crippen LogP contribution >= 0.6 is 43.2 Å². The van der Waals surface area contributed by atoms with Gasteiger partial charge in [-0.3, -0.25) is 9.59 Å². The van der Waals surface area contributed by atoms with Crippen LogP contribution in [0.3, 0.4) is 0 Å². The van der Waals surface area contributed by atoms with Crippen LogP contribution in [0.5, 0.6) is 0 Å². The van der Waals surface area contributed by atoms with E-state index in [2.05, 4.69) is 31.9 Å². The van der Waals surface area contributed by atoms with Gasteiger partial charge in [0, 0.05) is 13.1 Å². The number of carboxylic acids is 1. The number of rotatable bonds is 6. The van der Waals surface area contributed by atoms with E-state index in [1.807, 2.05) is 19.0 Å². The van der Waals surface area contributed by atoms with Gasteiger partial charge in [-0.2, -0.15) is 0 Å². The first kappa shape index (κ1) is 16.6. The second kappa shape index (κ2) is 7.37. The molecule has 0 fully saturated rings. The lowest BCUT2D eigenvalue weighted by atomic mass is 10.3.